The van der Waals surface area contributed by atoms with E-state index in [9.17, 15) is 0 Å². The van der Waals surface area contributed by atoms with Crippen LogP contribution in [0, 0.1) is 0 Å². The molecule has 0 aliphatic carbocycles. The second-order valence-electron chi connectivity index (χ2n) is 4.36. The van der Waals surface area contributed by atoms with Gasteiger partial charge in [-0.25, -0.2) is 0 Å². The minimum atomic E-state index is 0.242. The first kappa shape index (κ1) is 15.0. The number of ether oxygens (including phenoxy) is 2. The Hall–Kier alpha value is -1.06. The smallest absolute Gasteiger partial charge is 0.119 e. The molecule has 0 aliphatic rings. The summed E-state index contributed by atoms with van der Waals surface area (Å²) < 4.78 is 10.9. The summed E-state index contributed by atoms with van der Waals surface area (Å²) >= 11 is 0. The predicted octanol–water partition coefficient (Wildman–Crippen LogP) is 3.16. The topological polar surface area (TPSA) is 30.5 Å². The Morgan fingerprint density at radius 2 is 2.06 bits per heavy atom. The largest absolute Gasteiger partial charge is 0.497 e. The highest BCUT2D eigenvalue weighted by Gasteiger charge is 2.11. The van der Waals surface area contributed by atoms with Crippen LogP contribution < -0.4 is 10.1 Å². The summed E-state index contributed by atoms with van der Waals surface area (Å²) in [5.41, 5.74) is 1.22. The van der Waals surface area contributed by atoms with Crippen LogP contribution in [0.25, 0.3) is 0 Å². The van der Waals surface area contributed by atoms with E-state index in [2.05, 4.69) is 31.3 Å². The molecule has 0 saturated carbocycles. The quantitative estimate of drug-likeness (QED) is 0.684. The van der Waals surface area contributed by atoms with Crippen molar-refractivity contribution in [2.24, 2.45) is 0 Å². The number of rotatable bonds is 9. The molecule has 1 atom stereocenters. The average Bonchev–Trinajstić information content (AvgIpc) is 2.42. The van der Waals surface area contributed by atoms with Crippen LogP contribution in [-0.2, 0) is 4.74 Å². The summed E-state index contributed by atoms with van der Waals surface area (Å²) in [6, 6.07) is 8.42. The Balaban J connectivity index is 2.66. The van der Waals surface area contributed by atoms with Crippen LogP contribution in [-0.4, -0.2) is 26.9 Å². The second-order valence-corrected chi connectivity index (χ2v) is 4.36. The maximum absolute atomic E-state index is 5.67. The van der Waals surface area contributed by atoms with Crippen molar-refractivity contribution in [1.82, 2.24) is 5.32 Å². The minimum Gasteiger partial charge on any atom is -0.497 e. The van der Waals surface area contributed by atoms with Crippen LogP contribution in [0.1, 0.15) is 38.3 Å². The maximum atomic E-state index is 5.67. The van der Waals surface area contributed by atoms with Crippen molar-refractivity contribution in [3.05, 3.63) is 29.8 Å². The fourth-order valence-electron chi connectivity index (χ4n) is 1.80. The summed E-state index contributed by atoms with van der Waals surface area (Å²) in [6.45, 7) is 6.81. The van der Waals surface area contributed by atoms with E-state index in [1.165, 1.54) is 5.56 Å². The normalized spacial score (nSPS) is 12.4. The van der Waals surface area contributed by atoms with Crippen molar-refractivity contribution >= 4 is 0 Å². The van der Waals surface area contributed by atoms with Crippen molar-refractivity contribution in [3.8, 4) is 5.75 Å². The molecule has 1 aromatic rings. The molecule has 0 amide bonds. The Kier molecular flexibility index (Phi) is 7.46. The molecular formula is C15H25NO2. The van der Waals surface area contributed by atoms with Crippen LogP contribution in [0.5, 0.6) is 5.75 Å². The molecule has 1 unspecified atom stereocenters. The Morgan fingerprint density at radius 1 is 1.22 bits per heavy atom. The lowest BCUT2D eigenvalue weighted by molar-refractivity contribution is 0.112. The van der Waals surface area contributed by atoms with Crippen molar-refractivity contribution in [2.45, 2.75) is 32.7 Å². The molecule has 0 spiro atoms. The fraction of sp³-hybridized carbons (Fsp3) is 0.600. The number of hydrogen-bond donors (Lipinski definition) is 1. The maximum Gasteiger partial charge on any atom is 0.119 e. The SMILES string of the molecule is CCCNC(COCCC)c1cccc(OC)c1. The van der Waals surface area contributed by atoms with Gasteiger partial charge in [-0.15, -0.1) is 0 Å². The van der Waals surface area contributed by atoms with E-state index < -0.39 is 0 Å². The van der Waals surface area contributed by atoms with Crippen molar-refractivity contribution in [1.29, 1.82) is 0 Å². The van der Waals surface area contributed by atoms with Gasteiger partial charge in [0.25, 0.3) is 0 Å². The third-order valence-corrected chi connectivity index (χ3v) is 2.77. The highest BCUT2D eigenvalue weighted by atomic mass is 16.5. The molecule has 3 nitrogen and oxygen atoms in total. The molecule has 0 heterocycles. The van der Waals surface area contributed by atoms with Gasteiger partial charge in [0.15, 0.2) is 0 Å². The number of nitrogens with one attached hydrogen (secondary N) is 1. The lowest BCUT2D eigenvalue weighted by Gasteiger charge is -2.19. The van der Waals surface area contributed by atoms with Gasteiger partial charge in [-0.2, -0.15) is 0 Å². The van der Waals surface area contributed by atoms with Crippen LogP contribution in [0.2, 0.25) is 0 Å². The Labute approximate surface area is 110 Å². The van der Waals surface area contributed by atoms with Gasteiger partial charge in [-0.1, -0.05) is 26.0 Å². The molecule has 0 bridgehead atoms. The molecule has 0 aromatic heterocycles. The lowest BCUT2D eigenvalue weighted by Crippen LogP contribution is -2.26. The molecule has 0 aliphatic heterocycles. The van der Waals surface area contributed by atoms with Gasteiger partial charge in [0.05, 0.1) is 19.8 Å². The van der Waals surface area contributed by atoms with Gasteiger partial charge in [-0.3, -0.25) is 0 Å². The summed E-state index contributed by atoms with van der Waals surface area (Å²) in [7, 11) is 1.70. The van der Waals surface area contributed by atoms with Crippen molar-refractivity contribution in [3.63, 3.8) is 0 Å². The average molecular weight is 251 g/mol. The van der Waals surface area contributed by atoms with Crippen LogP contribution in [0.15, 0.2) is 24.3 Å². The molecule has 1 rings (SSSR count). The van der Waals surface area contributed by atoms with Crippen LogP contribution >= 0.6 is 0 Å². The van der Waals surface area contributed by atoms with E-state index in [4.69, 9.17) is 9.47 Å². The summed E-state index contributed by atoms with van der Waals surface area (Å²) in [5.74, 6) is 0.895. The molecule has 0 saturated heterocycles. The van der Waals surface area contributed by atoms with E-state index in [0.29, 0.717) is 6.61 Å². The third kappa shape index (κ3) is 5.07. The van der Waals surface area contributed by atoms with Gasteiger partial charge in [0, 0.05) is 6.61 Å². The van der Waals surface area contributed by atoms with E-state index in [1.54, 1.807) is 7.11 Å². The standard InChI is InChI=1S/C15H25NO2/c1-4-9-16-15(12-18-10-5-2)13-7-6-8-14(11-13)17-3/h6-8,11,15-16H,4-5,9-10,12H2,1-3H3. The van der Waals surface area contributed by atoms with Gasteiger partial charge in [0.1, 0.15) is 5.75 Å². The van der Waals surface area contributed by atoms with Crippen LogP contribution in [0.3, 0.4) is 0 Å². The van der Waals surface area contributed by atoms with Crippen molar-refractivity contribution in [2.75, 3.05) is 26.9 Å². The molecule has 0 fully saturated rings. The molecule has 1 N–H and O–H groups in total. The minimum absolute atomic E-state index is 0.242. The lowest BCUT2D eigenvalue weighted by atomic mass is 10.1. The summed E-state index contributed by atoms with van der Waals surface area (Å²) in [4.78, 5) is 0. The second kappa shape index (κ2) is 8.95. The zero-order valence-corrected chi connectivity index (χ0v) is 11.7. The van der Waals surface area contributed by atoms with E-state index in [0.717, 1.165) is 31.7 Å². The van der Waals surface area contributed by atoms with E-state index in [-0.39, 0.29) is 6.04 Å². The Bertz CT molecular complexity index is 328. The van der Waals surface area contributed by atoms with Crippen LogP contribution in [0.4, 0.5) is 0 Å². The third-order valence-electron chi connectivity index (χ3n) is 2.77. The summed E-state index contributed by atoms with van der Waals surface area (Å²) in [6.07, 6.45) is 2.17. The zero-order valence-electron chi connectivity index (χ0n) is 11.7. The highest BCUT2D eigenvalue weighted by molar-refractivity contribution is 5.30. The predicted molar refractivity (Wildman–Crippen MR) is 75.1 cm³/mol. The number of hydrogen-bond acceptors (Lipinski definition) is 3. The first-order chi connectivity index (χ1) is 8.81. The highest BCUT2D eigenvalue weighted by Crippen LogP contribution is 2.19. The summed E-state index contributed by atoms with van der Waals surface area (Å²) in [5, 5.41) is 3.52. The zero-order chi connectivity index (χ0) is 13.2. The Morgan fingerprint density at radius 3 is 2.72 bits per heavy atom. The van der Waals surface area contributed by atoms with Gasteiger partial charge >= 0.3 is 0 Å². The van der Waals surface area contributed by atoms with Gasteiger partial charge < -0.3 is 14.8 Å². The first-order valence-electron chi connectivity index (χ1n) is 6.76. The van der Waals surface area contributed by atoms with E-state index >= 15 is 0 Å². The molecule has 102 valence electrons. The first-order valence-corrected chi connectivity index (χ1v) is 6.76. The molecular weight excluding hydrogens is 226 g/mol. The van der Waals surface area contributed by atoms with Gasteiger partial charge in [0.2, 0.25) is 0 Å². The number of benzene rings is 1. The molecule has 18 heavy (non-hydrogen) atoms. The molecule has 1 aromatic carbocycles. The van der Waals surface area contributed by atoms with Gasteiger partial charge in [-0.05, 0) is 37.1 Å². The fourth-order valence-corrected chi connectivity index (χ4v) is 1.80. The van der Waals surface area contributed by atoms with Crippen molar-refractivity contribution < 1.29 is 9.47 Å². The monoisotopic (exact) mass is 251 g/mol. The number of methoxy groups -OCH3 is 1. The molecule has 0 radical (unpaired) electrons. The van der Waals surface area contributed by atoms with E-state index in [1.807, 2.05) is 12.1 Å². The molecule has 3 heteroatoms.